The Morgan fingerprint density at radius 3 is 2.56 bits per heavy atom. The van der Waals surface area contributed by atoms with Crippen LogP contribution in [0.4, 0.5) is 4.39 Å². The van der Waals surface area contributed by atoms with Crippen LogP contribution in [0.25, 0.3) is 0 Å². The van der Waals surface area contributed by atoms with E-state index in [0.717, 1.165) is 14.2 Å². The van der Waals surface area contributed by atoms with Crippen molar-refractivity contribution < 1.29 is 4.39 Å². The van der Waals surface area contributed by atoms with Gasteiger partial charge < -0.3 is 5.73 Å². The zero-order valence-electron chi connectivity index (χ0n) is 9.31. The Hall–Kier alpha value is 0.0600. The van der Waals surface area contributed by atoms with Crippen molar-refractivity contribution in [2.45, 2.75) is 13.0 Å². The first-order valence-corrected chi connectivity index (χ1v) is 7.84. The Kier molecular flexibility index (Phi) is 4.49. The maximum Gasteiger partial charge on any atom is 0.129 e. The molecule has 1 unspecified atom stereocenters. The standard InChI is InChI=1S/C12H9Br2ClFNS/c1-5-2-10(18-12(5)14)11(17)6-3-8(15)7(13)4-9(6)16/h2-4,11H,17H2,1H3. The second-order valence-electron chi connectivity index (χ2n) is 3.87. The molecule has 0 saturated carbocycles. The second kappa shape index (κ2) is 5.59. The summed E-state index contributed by atoms with van der Waals surface area (Å²) in [6.45, 7) is 1.97. The van der Waals surface area contributed by atoms with Gasteiger partial charge in [-0.25, -0.2) is 4.39 Å². The molecule has 1 heterocycles. The highest BCUT2D eigenvalue weighted by Crippen LogP contribution is 2.36. The molecular weight excluding hydrogens is 404 g/mol. The molecule has 96 valence electrons. The molecular formula is C12H9Br2ClFNS. The molecule has 0 aliphatic heterocycles. The van der Waals surface area contributed by atoms with E-state index >= 15 is 0 Å². The lowest BCUT2D eigenvalue weighted by Crippen LogP contribution is -2.12. The van der Waals surface area contributed by atoms with E-state index in [1.807, 2.05) is 13.0 Å². The van der Waals surface area contributed by atoms with Crippen LogP contribution in [0.3, 0.4) is 0 Å². The van der Waals surface area contributed by atoms with Crippen molar-refractivity contribution >= 4 is 54.8 Å². The molecule has 0 amide bonds. The van der Waals surface area contributed by atoms with Gasteiger partial charge in [0.25, 0.3) is 0 Å². The molecule has 6 heteroatoms. The molecule has 2 N–H and O–H groups in total. The highest BCUT2D eigenvalue weighted by Gasteiger charge is 2.18. The normalized spacial score (nSPS) is 12.8. The molecule has 1 aromatic carbocycles. The summed E-state index contributed by atoms with van der Waals surface area (Å²) in [6.07, 6.45) is 0. The maximum absolute atomic E-state index is 13.9. The van der Waals surface area contributed by atoms with Gasteiger partial charge in [-0.1, -0.05) is 11.6 Å². The van der Waals surface area contributed by atoms with Crippen LogP contribution in [0.5, 0.6) is 0 Å². The van der Waals surface area contributed by atoms with Crippen LogP contribution in [0.1, 0.15) is 22.0 Å². The first kappa shape index (κ1) is 14.5. The summed E-state index contributed by atoms with van der Waals surface area (Å²) in [6, 6.07) is 4.35. The van der Waals surface area contributed by atoms with E-state index in [1.54, 1.807) is 6.07 Å². The van der Waals surface area contributed by atoms with E-state index < -0.39 is 6.04 Å². The average Bonchev–Trinajstić information content (AvgIpc) is 2.63. The zero-order valence-corrected chi connectivity index (χ0v) is 14.1. The van der Waals surface area contributed by atoms with Crippen molar-refractivity contribution in [2.24, 2.45) is 5.73 Å². The second-order valence-corrected chi connectivity index (χ2v) is 7.53. The smallest absolute Gasteiger partial charge is 0.129 e. The third kappa shape index (κ3) is 2.80. The summed E-state index contributed by atoms with van der Waals surface area (Å²) in [5.41, 5.74) is 7.59. The van der Waals surface area contributed by atoms with Crippen molar-refractivity contribution in [3.8, 4) is 0 Å². The Balaban J connectivity index is 2.45. The summed E-state index contributed by atoms with van der Waals surface area (Å²) in [4.78, 5) is 0.900. The van der Waals surface area contributed by atoms with E-state index in [4.69, 9.17) is 17.3 Å². The molecule has 0 aliphatic rings. The van der Waals surface area contributed by atoms with Gasteiger partial charge in [0, 0.05) is 14.9 Å². The summed E-state index contributed by atoms with van der Waals surface area (Å²) in [7, 11) is 0. The summed E-state index contributed by atoms with van der Waals surface area (Å²) < 4.78 is 15.4. The maximum atomic E-state index is 13.9. The van der Waals surface area contributed by atoms with Gasteiger partial charge >= 0.3 is 0 Å². The third-order valence-corrected chi connectivity index (χ3v) is 5.97. The third-order valence-electron chi connectivity index (χ3n) is 2.56. The Labute approximate surface area is 130 Å². The number of aryl methyl sites for hydroxylation is 1. The quantitative estimate of drug-likeness (QED) is 0.654. The largest absolute Gasteiger partial charge is 0.320 e. The molecule has 0 radical (unpaired) electrons. The minimum atomic E-state index is -0.509. The molecule has 1 atom stereocenters. The first-order valence-electron chi connectivity index (χ1n) is 5.06. The van der Waals surface area contributed by atoms with Gasteiger partial charge in [-0.05, 0) is 62.5 Å². The fraction of sp³-hybridized carbons (Fsp3) is 0.167. The van der Waals surface area contributed by atoms with Crippen LogP contribution in [0.15, 0.2) is 26.5 Å². The van der Waals surface area contributed by atoms with E-state index in [2.05, 4.69) is 31.9 Å². The Morgan fingerprint density at radius 1 is 1.33 bits per heavy atom. The predicted octanol–water partition coefficient (Wildman–Crippen LogP) is 5.42. The van der Waals surface area contributed by atoms with Crippen molar-refractivity contribution in [2.75, 3.05) is 0 Å². The SMILES string of the molecule is Cc1cc(C(N)c2cc(Cl)c(Br)cc2F)sc1Br. The van der Waals surface area contributed by atoms with Crippen LogP contribution in [-0.2, 0) is 0 Å². The van der Waals surface area contributed by atoms with E-state index in [-0.39, 0.29) is 5.82 Å². The number of hydrogen-bond donors (Lipinski definition) is 1. The molecule has 0 spiro atoms. The van der Waals surface area contributed by atoms with Crippen molar-refractivity contribution in [3.05, 3.63) is 53.3 Å². The molecule has 1 nitrogen and oxygen atoms in total. The van der Waals surface area contributed by atoms with E-state index in [1.165, 1.54) is 17.4 Å². The fourth-order valence-electron chi connectivity index (χ4n) is 1.57. The molecule has 18 heavy (non-hydrogen) atoms. The molecule has 2 aromatic rings. The number of benzene rings is 1. The average molecular weight is 414 g/mol. The van der Waals surface area contributed by atoms with Crippen molar-refractivity contribution in [3.63, 3.8) is 0 Å². The van der Waals surface area contributed by atoms with Gasteiger partial charge in [-0.2, -0.15) is 0 Å². The zero-order chi connectivity index (χ0) is 13.4. The summed E-state index contributed by atoms with van der Waals surface area (Å²) in [5, 5.41) is 0.453. The molecule has 0 aliphatic carbocycles. The van der Waals surface area contributed by atoms with Crippen molar-refractivity contribution in [1.82, 2.24) is 0 Å². The van der Waals surface area contributed by atoms with E-state index in [0.29, 0.717) is 15.1 Å². The highest BCUT2D eigenvalue weighted by molar-refractivity contribution is 9.11. The molecule has 2 rings (SSSR count). The number of thiophene rings is 1. The Bertz CT molecular complexity index is 581. The monoisotopic (exact) mass is 411 g/mol. The van der Waals surface area contributed by atoms with Gasteiger partial charge in [-0.3, -0.25) is 0 Å². The summed E-state index contributed by atoms with van der Waals surface area (Å²) in [5.74, 6) is -0.360. The van der Waals surface area contributed by atoms with Gasteiger partial charge in [0.2, 0.25) is 0 Å². The lowest BCUT2D eigenvalue weighted by atomic mass is 10.1. The molecule has 1 aromatic heterocycles. The lowest BCUT2D eigenvalue weighted by Gasteiger charge is -2.12. The fourth-order valence-corrected chi connectivity index (χ4v) is 3.65. The minimum Gasteiger partial charge on any atom is -0.320 e. The van der Waals surface area contributed by atoms with Gasteiger partial charge in [0.05, 0.1) is 14.9 Å². The van der Waals surface area contributed by atoms with Crippen LogP contribution in [0, 0.1) is 12.7 Å². The predicted molar refractivity (Wildman–Crippen MR) is 81.9 cm³/mol. The minimum absolute atomic E-state index is 0.360. The molecule has 0 fully saturated rings. The topological polar surface area (TPSA) is 26.0 Å². The van der Waals surface area contributed by atoms with Crippen LogP contribution < -0.4 is 5.73 Å². The molecule has 0 saturated heterocycles. The van der Waals surface area contributed by atoms with Gasteiger partial charge in [0.1, 0.15) is 5.82 Å². The number of hydrogen-bond acceptors (Lipinski definition) is 2. The Morgan fingerprint density at radius 2 is 2.00 bits per heavy atom. The number of nitrogens with two attached hydrogens (primary N) is 1. The number of halogens is 4. The first-order chi connectivity index (χ1) is 8.40. The highest BCUT2D eigenvalue weighted by atomic mass is 79.9. The number of rotatable bonds is 2. The molecule has 0 bridgehead atoms. The lowest BCUT2D eigenvalue weighted by molar-refractivity contribution is 0.600. The summed E-state index contributed by atoms with van der Waals surface area (Å²) >= 11 is 14.1. The van der Waals surface area contributed by atoms with Crippen LogP contribution in [-0.4, -0.2) is 0 Å². The van der Waals surface area contributed by atoms with Gasteiger partial charge in [0.15, 0.2) is 0 Å². The van der Waals surface area contributed by atoms with Crippen molar-refractivity contribution in [1.29, 1.82) is 0 Å². The van der Waals surface area contributed by atoms with E-state index in [9.17, 15) is 4.39 Å². The van der Waals surface area contributed by atoms with Crippen LogP contribution in [0.2, 0.25) is 5.02 Å². The van der Waals surface area contributed by atoms with Gasteiger partial charge in [-0.15, -0.1) is 11.3 Å². The van der Waals surface area contributed by atoms with Crippen LogP contribution >= 0.6 is 54.8 Å².